The Morgan fingerprint density at radius 1 is 1.40 bits per heavy atom. The Hall–Kier alpha value is -0.610. The fourth-order valence-electron chi connectivity index (χ4n) is 1.42. The van der Waals surface area contributed by atoms with Gasteiger partial charge in [-0.15, -0.1) is 0 Å². The van der Waals surface area contributed by atoms with Gasteiger partial charge >= 0.3 is 5.97 Å². The van der Waals surface area contributed by atoms with E-state index >= 15 is 0 Å². The summed E-state index contributed by atoms with van der Waals surface area (Å²) < 4.78 is 10.3. The molecule has 0 heterocycles. The van der Waals surface area contributed by atoms with Crippen LogP contribution in [0.25, 0.3) is 0 Å². The molecule has 1 aliphatic carbocycles. The molecular formula is C11H21NO3. The molecule has 2 N–H and O–H groups in total. The van der Waals surface area contributed by atoms with Gasteiger partial charge in [0.1, 0.15) is 12.1 Å². The van der Waals surface area contributed by atoms with E-state index in [4.69, 9.17) is 15.2 Å². The molecule has 1 saturated carbocycles. The van der Waals surface area contributed by atoms with Gasteiger partial charge in [0.25, 0.3) is 0 Å². The van der Waals surface area contributed by atoms with Gasteiger partial charge in [-0.2, -0.15) is 0 Å². The summed E-state index contributed by atoms with van der Waals surface area (Å²) in [5.41, 5.74) is 5.10. The second kappa shape index (κ2) is 5.47. The third-order valence-electron chi connectivity index (χ3n) is 2.56. The summed E-state index contributed by atoms with van der Waals surface area (Å²) in [6.07, 6.45) is 2.52. The van der Waals surface area contributed by atoms with E-state index in [2.05, 4.69) is 13.8 Å². The number of nitrogens with two attached hydrogens (primary N) is 1. The van der Waals surface area contributed by atoms with Crippen molar-refractivity contribution in [2.45, 2.75) is 38.6 Å². The SMILES string of the molecule is CC(C)COCCOC(=O)C1(N)CCC1. The van der Waals surface area contributed by atoms with Crippen LogP contribution < -0.4 is 5.73 Å². The number of rotatable bonds is 6. The van der Waals surface area contributed by atoms with Crippen molar-refractivity contribution in [3.8, 4) is 0 Å². The van der Waals surface area contributed by atoms with E-state index in [9.17, 15) is 4.79 Å². The predicted octanol–water partition coefficient (Wildman–Crippen LogP) is 1.08. The summed E-state index contributed by atoms with van der Waals surface area (Å²) >= 11 is 0. The molecule has 4 nitrogen and oxygen atoms in total. The quantitative estimate of drug-likeness (QED) is 0.532. The second-order valence-corrected chi connectivity index (χ2v) is 4.61. The number of carbonyl (C=O) groups is 1. The first-order valence-electron chi connectivity index (χ1n) is 5.58. The first-order valence-corrected chi connectivity index (χ1v) is 5.58. The molecule has 0 unspecified atom stereocenters. The van der Waals surface area contributed by atoms with E-state index in [0.717, 1.165) is 19.3 Å². The summed E-state index contributed by atoms with van der Waals surface area (Å²) in [5.74, 6) is 0.232. The van der Waals surface area contributed by atoms with Gasteiger partial charge in [0, 0.05) is 6.61 Å². The van der Waals surface area contributed by atoms with E-state index in [0.29, 0.717) is 25.7 Å². The number of hydrogen-bond acceptors (Lipinski definition) is 4. The average molecular weight is 215 g/mol. The Labute approximate surface area is 91.1 Å². The zero-order valence-electron chi connectivity index (χ0n) is 9.62. The van der Waals surface area contributed by atoms with Gasteiger partial charge in [-0.1, -0.05) is 13.8 Å². The van der Waals surface area contributed by atoms with Crippen LogP contribution in [0.15, 0.2) is 0 Å². The van der Waals surface area contributed by atoms with E-state index < -0.39 is 5.54 Å². The van der Waals surface area contributed by atoms with Crippen LogP contribution in [0.1, 0.15) is 33.1 Å². The normalized spacial score (nSPS) is 18.7. The highest BCUT2D eigenvalue weighted by atomic mass is 16.6. The molecule has 0 saturated heterocycles. The van der Waals surface area contributed by atoms with Crippen LogP contribution in [0.4, 0.5) is 0 Å². The lowest BCUT2D eigenvalue weighted by Gasteiger charge is -2.34. The van der Waals surface area contributed by atoms with Gasteiger partial charge in [0.05, 0.1) is 6.61 Å². The van der Waals surface area contributed by atoms with E-state index in [1.807, 2.05) is 0 Å². The number of carbonyl (C=O) groups excluding carboxylic acids is 1. The first-order chi connectivity index (χ1) is 7.04. The Balaban J connectivity index is 2.02. The lowest BCUT2D eigenvalue weighted by Crippen LogP contribution is -2.54. The van der Waals surface area contributed by atoms with Gasteiger partial charge in [0.2, 0.25) is 0 Å². The van der Waals surface area contributed by atoms with Gasteiger partial charge < -0.3 is 15.2 Å². The van der Waals surface area contributed by atoms with Crippen molar-refractivity contribution >= 4 is 5.97 Å². The monoisotopic (exact) mass is 215 g/mol. The van der Waals surface area contributed by atoms with Crippen molar-refractivity contribution in [2.75, 3.05) is 19.8 Å². The van der Waals surface area contributed by atoms with Crippen LogP contribution >= 0.6 is 0 Å². The third kappa shape index (κ3) is 3.80. The van der Waals surface area contributed by atoms with Crippen molar-refractivity contribution in [1.29, 1.82) is 0 Å². The van der Waals surface area contributed by atoms with Gasteiger partial charge in [0.15, 0.2) is 0 Å². The van der Waals surface area contributed by atoms with E-state index in [-0.39, 0.29) is 5.97 Å². The number of ether oxygens (including phenoxy) is 2. The fraction of sp³-hybridized carbons (Fsp3) is 0.909. The summed E-state index contributed by atoms with van der Waals surface area (Å²) in [6, 6.07) is 0. The number of esters is 1. The van der Waals surface area contributed by atoms with Crippen LogP contribution in [-0.2, 0) is 14.3 Å². The lowest BCUT2D eigenvalue weighted by atomic mass is 9.78. The zero-order chi connectivity index (χ0) is 11.3. The topological polar surface area (TPSA) is 61.5 Å². The molecule has 88 valence electrons. The van der Waals surface area contributed by atoms with E-state index in [1.165, 1.54) is 0 Å². The molecule has 0 amide bonds. The predicted molar refractivity (Wildman–Crippen MR) is 57.4 cm³/mol. The standard InChI is InChI=1S/C11H21NO3/c1-9(2)8-14-6-7-15-10(13)11(12)4-3-5-11/h9H,3-8,12H2,1-2H3. The molecule has 0 spiro atoms. The lowest BCUT2D eigenvalue weighted by molar-refractivity contribution is -0.155. The maximum Gasteiger partial charge on any atom is 0.326 e. The third-order valence-corrected chi connectivity index (χ3v) is 2.56. The Morgan fingerprint density at radius 3 is 2.53 bits per heavy atom. The molecule has 0 atom stereocenters. The fourth-order valence-corrected chi connectivity index (χ4v) is 1.42. The average Bonchev–Trinajstić information content (AvgIpc) is 2.12. The van der Waals surface area contributed by atoms with Crippen LogP contribution in [0.2, 0.25) is 0 Å². The number of hydrogen-bond donors (Lipinski definition) is 1. The molecule has 1 rings (SSSR count). The minimum atomic E-state index is -0.696. The first kappa shape index (κ1) is 12.5. The van der Waals surface area contributed by atoms with Crippen molar-refractivity contribution in [3.05, 3.63) is 0 Å². The van der Waals surface area contributed by atoms with Crippen LogP contribution in [0.5, 0.6) is 0 Å². The Morgan fingerprint density at radius 2 is 2.07 bits per heavy atom. The minimum absolute atomic E-state index is 0.276. The Kier molecular flexibility index (Phi) is 4.54. The molecule has 4 heteroatoms. The maximum atomic E-state index is 11.4. The highest BCUT2D eigenvalue weighted by Gasteiger charge is 2.41. The molecule has 0 aromatic rings. The van der Waals surface area contributed by atoms with Crippen molar-refractivity contribution in [3.63, 3.8) is 0 Å². The molecule has 0 bridgehead atoms. The molecule has 0 aromatic heterocycles. The smallest absolute Gasteiger partial charge is 0.326 e. The molecule has 0 radical (unpaired) electrons. The van der Waals surface area contributed by atoms with Gasteiger partial charge in [-0.3, -0.25) is 4.79 Å². The second-order valence-electron chi connectivity index (χ2n) is 4.61. The minimum Gasteiger partial charge on any atom is -0.462 e. The molecular weight excluding hydrogens is 194 g/mol. The van der Waals surface area contributed by atoms with Crippen LogP contribution in [-0.4, -0.2) is 31.3 Å². The zero-order valence-corrected chi connectivity index (χ0v) is 9.62. The van der Waals surface area contributed by atoms with Crippen molar-refractivity contribution in [2.24, 2.45) is 11.7 Å². The van der Waals surface area contributed by atoms with E-state index in [1.54, 1.807) is 0 Å². The molecule has 15 heavy (non-hydrogen) atoms. The van der Waals surface area contributed by atoms with Gasteiger partial charge in [-0.25, -0.2) is 0 Å². The summed E-state index contributed by atoms with van der Waals surface area (Å²) in [7, 11) is 0. The molecule has 1 aliphatic rings. The van der Waals surface area contributed by atoms with Crippen LogP contribution in [0.3, 0.4) is 0 Å². The van der Waals surface area contributed by atoms with Crippen LogP contribution in [0, 0.1) is 5.92 Å². The summed E-state index contributed by atoms with van der Waals surface area (Å²) in [6.45, 7) is 5.63. The largest absolute Gasteiger partial charge is 0.462 e. The van der Waals surface area contributed by atoms with Gasteiger partial charge in [-0.05, 0) is 25.2 Å². The molecule has 1 fully saturated rings. The summed E-state index contributed by atoms with van der Waals surface area (Å²) in [5, 5.41) is 0. The molecule has 0 aliphatic heterocycles. The highest BCUT2D eigenvalue weighted by molar-refractivity contribution is 5.81. The maximum absolute atomic E-state index is 11.4. The van der Waals surface area contributed by atoms with Crippen molar-refractivity contribution < 1.29 is 14.3 Å². The van der Waals surface area contributed by atoms with Crippen molar-refractivity contribution in [1.82, 2.24) is 0 Å². The Bertz CT molecular complexity index is 212. The summed E-state index contributed by atoms with van der Waals surface area (Å²) in [4.78, 5) is 11.4. The highest BCUT2D eigenvalue weighted by Crippen LogP contribution is 2.29. The molecule has 0 aromatic carbocycles.